The number of ether oxygens (including phenoxy) is 2. The van der Waals surface area contributed by atoms with Crippen LogP contribution >= 0.6 is 15.9 Å². The predicted molar refractivity (Wildman–Crippen MR) is 178 cm³/mol. The lowest BCUT2D eigenvalue weighted by Crippen LogP contribution is -2.52. The maximum absolute atomic E-state index is 6.51. The third-order valence-corrected chi connectivity index (χ3v) is 12.6. The predicted octanol–water partition coefficient (Wildman–Crippen LogP) is 7.77. The fourth-order valence-corrected chi connectivity index (χ4v) is 9.23. The van der Waals surface area contributed by atoms with Crippen molar-refractivity contribution in [2.45, 2.75) is 120 Å². The second-order valence-corrected chi connectivity index (χ2v) is 15.7. The van der Waals surface area contributed by atoms with Crippen LogP contribution in [0, 0.1) is 0 Å². The van der Waals surface area contributed by atoms with Gasteiger partial charge in [-0.1, -0.05) is 28.8 Å². The molecule has 9 rings (SSSR count). The van der Waals surface area contributed by atoms with E-state index in [1.54, 1.807) is 0 Å². The van der Waals surface area contributed by atoms with Crippen molar-refractivity contribution in [1.29, 1.82) is 0 Å². The zero-order valence-electron chi connectivity index (χ0n) is 26.0. The van der Waals surface area contributed by atoms with Crippen molar-refractivity contribution < 1.29 is 9.47 Å². The van der Waals surface area contributed by atoms with Crippen molar-refractivity contribution in [3.63, 3.8) is 0 Å². The van der Waals surface area contributed by atoms with Gasteiger partial charge in [0.15, 0.2) is 0 Å². The summed E-state index contributed by atoms with van der Waals surface area (Å²) in [6.07, 6.45) is 19.6. The van der Waals surface area contributed by atoms with Gasteiger partial charge in [-0.2, -0.15) is 0 Å². The molecule has 5 fully saturated rings. The molecule has 5 heterocycles. The number of nitrogens with zero attached hydrogens (tertiary/aromatic N) is 3. The lowest BCUT2D eigenvalue weighted by Gasteiger charge is -2.45. The SMILES string of the molecule is Brc1ccc2c(c1)CC1(CCN(C3CCC3)CC1)O2.c1cc2c(cc1N1CCCCC1)CC1(CCN(C3CCC3)CC1)O2. The molecular weight excluding hydrogens is 598 g/mol. The number of halogens is 1. The maximum Gasteiger partial charge on any atom is 0.123 e. The molecule has 6 heteroatoms. The first kappa shape index (κ1) is 28.7. The molecule has 2 aromatic carbocycles. The normalized spacial score (nSPS) is 26.5. The molecule has 5 aliphatic heterocycles. The van der Waals surface area contributed by atoms with Gasteiger partial charge in [0.1, 0.15) is 22.7 Å². The Morgan fingerprint density at radius 1 is 0.581 bits per heavy atom. The average Bonchev–Trinajstić information content (AvgIpc) is 3.51. The molecule has 0 aromatic heterocycles. The van der Waals surface area contributed by atoms with Crippen molar-refractivity contribution in [1.82, 2.24) is 9.80 Å². The Morgan fingerprint density at radius 3 is 1.60 bits per heavy atom. The van der Waals surface area contributed by atoms with E-state index < -0.39 is 0 Å². The van der Waals surface area contributed by atoms with Crippen LogP contribution in [0.25, 0.3) is 0 Å². The molecule has 0 atom stereocenters. The van der Waals surface area contributed by atoms with E-state index in [9.17, 15) is 0 Å². The zero-order chi connectivity index (χ0) is 28.9. The molecule has 0 amide bonds. The molecule has 7 aliphatic rings. The van der Waals surface area contributed by atoms with Crippen LogP contribution in [0.3, 0.4) is 0 Å². The van der Waals surface area contributed by atoms with E-state index in [2.05, 4.69) is 67.0 Å². The van der Waals surface area contributed by atoms with Crippen LogP contribution in [0.4, 0.5) is 5.69 Å². The quantitative estimate of drug-likeness (QED) is 0.339. The average molecular weight is 649 g/mol. The van der Waals surface area contributed by atoms with E-state index in [0.29, 0.717) is 0 Å². The molecule has 232 valence electrons. The number of benzene rings is 2. The summed E-state index contributed by atoms with van der Waals surface area (Å²) in [5.74, 6) is 2.27. The summed E-state index contributed by atoms with van der Waals surface area (Å²) in [7, 11) is 0. The van der Waals surface area contributed by atoms with Gasteiger partial charge < -0.3 is 24.2 Å². The Balaban J connectivity index is 0.000000133. The monoisotopic (exact) mass is 647 g/mol. The zero-order valence-corrected chi connectivity index (χ0v) is 27.6. The Hall–Kier alpha value is -1.76. The molecule has 5 nitrogen and oxygen atoms in total. The van der Waals surface area contributed by atoms with E-state index in [-0.39, 0.29) is 11.2 Å². The maximum atomic E-state index is 6.51. The van der Waals surface area contributed by atoms with Gasteiger partial charge in [0.05, 0.1) is 0 Å². The molecule has 43 heavy (non-hydrogen) atoms. The van der Waals surface area contributed by atoms with Gasteiger partial charge in [-0.05, 0) is 86.9 Å². The number of hydrogen-bond donors (Lipinski definition) is 0. The first-order valence-electron chi connectivity index (χ1n) is 17.6. The van der Waals surface area contributed by atoms with Crippen LogP contribution in [0.2, 0.25) is 0 Å². The molecule has 3 saturated heterocycles. The van der Waals surface area contributed by atoms with Gasteiger partial charge in [-0.15, -0.1) is 0 Å². The number of fused-ring (bicyclic) bond motifs is 2. The molecule has 0 bridgehead atoms. The van der Waals surface area contributed by atoms with Gasteiger partial charge in [0.2, 0.25) is 0 Å². The fourth-order valence-electron chi connectivity index (χ4n) is 8.83. The minimum Gasteiger partial charge on any atom is -0.487 e. The van der Waals surface area contributed by atoms with Crippen LogP contribution in [0.1, 0.15) is 94.6 Å². The Labute approximate surface area is 267 Å². The molecule has 0 unspecified atom stereocenters. The molecule has 2 spiro atoms. The third kappa shape index (κ3) is 5.86. The number of rotatable bonds is 3. The van der Waals surface area contributed by atoms with Gasteiger partial charge in [-0.3, -0.25) is 0 Å². The summed E-state index contributed by atoms with van der Waals surface area (Å²) in [5, 5.41) is 0. The van der Waals surface area contributed by atoms with Crippen molar-refractivity contribution in [2.75, 3.05) is 44.2 Å². The molecule has 0 radical (unpaired) electrons. The minimum atomic E-state index is 0.100. The van der Waals surface area contributed by atoms with Crippen LogP contribution in [-0.2, 0) is 12.8 Å². The summed E-state index contributed by atoms with van der Waals surface area (Å²) in [6, 6.07) is 15.1. The number of piperidine rings is 3. The second-order valence-electron chi connectivity index (χ2n) is 14.8. The molecule has 2 aromatic rings. The smallest absolute Gasteiger partial charge is 0.123 e. The highest BCUT2D eigenvalue weighted by molar-refractivity contribution is 9.10. The first-order chi connectivity index (χ1) is 21.1. The van der Waals surface area contributed by atoms with Crippen molar-refractivity contribution in [3.8, 4) is 11.5 Å². The Kier molecular flexibility index (Phi) is 7.92. The Morgan fingerprint density at radius 2 is 1.09 bits per heavy atom. The highest BCUT2D eigenvalue weighted by Gasteiger charge is 2.45. The Bertz CT molecular complexity index is 1280. The second kappa shape index (κ2) is 11.9. The fraction of sp³-hybridized carbons (Fsp3) is 0.676. The van der Waals surface area contributed by atoms with Gasteiger partial charge in [0.25, 0.3) is 0 Å². The summed E-state index contributed by atoms with van der Waals surface area (Å²) in [6.45, 7) is 7.36. The number of hydrogen-bond acceptors (Lipinski definition) is 5. The minimum absolute atomic E-state index is 0.100. The van der Waals surface area contributed by atoms with Crippen LogP contribution < -0.4 is 14.4 Å². The lowest BCUT2D eigenvalue weighted by atomic mass is 9.83. The summed E-state index contributed by atoms with van der Waals surface area (Å²) in [5.41, 5.74) is 4.45. The standard InChI is InChI=1S/C21H30N2O.C16H20BrNO/c1-2-11-22(12-3-1)19-7-8-20-17(15-19)16-21(24-20)9-13-23(14-10-21)18-5-4-6-18;17-13-4-5-15-12(10-13)11-16(19-15)6-8-18(9-7-16)14-2-1-3-14/h7-8,15,18H,1-6,9-14,16H2;4-5,10,14H,1-3,6-9,11H2. The van der Waals surface area contributed by atoms with Crippen molar-refractivity contribution in [3.05, 3.63) is 52.0 Å². The number of anilines is 1. The molecule has 2 aliphatic carbocycles. The van der Waals surface area contributed by atoms with E-state index in [1.807, 2.05) is 0 Å². The largest absolute Gasteiger partial charge is 0.487 e. The lowest BCUT2D eigenvalue weighted by molar-refractivity contribution is -0.00769. The number of likely N-dealkylation sites (tertiary alicyclic amines) is 2. The highest BCUT2D eigenvalue weighted by Crippen LogP contribution is 2.45. The van der Waals surface area contributed by atoms with Crippen LogP contribution in [0.15, 0.2) is 40.9 Å². The topological polar surface area (TPSA) is 28.2 Å². The first-order valence-corrected chi connectivity index (χ1v) is 18.4. The molecular formula is C37H50BrN3O2. The van der Waals surface area contributed by atoms with Gasteiger partial charge >= 0.3 is 0 Å². The van der Waals surface area contributed by atoms with E-state index in [0.717, 1.165) is 36.4 Å². The highest BCUT2D eigenvalue weighted by atomic mass is 79.9. The summed E-state index contributed by atoms with van der Waals surface area (Å²) >= 11 is 3.56. The van der Waals surface area contributed by atoms with E-state index >= 15 is 0 Å². The van der Waals surface area contributed by atoms with E-state index in [4.69, 9.17) is 9.47 Å². The van der Waals surface area contributed by atoms with Crippen LogP contribution in [-0.4, -0.2) is 72.4 Å². The summed E-state index contributed by atoms with van der Waals surface area (Å²) in [4.78, 5) is 7.98. The van der Waals surface area contributed by atoms with Gasteiger partial charge in [0, 0.05) is 106 Å². The van der Waals surface area contributed by atoms with Crippen molar-refractivity contribution >= 4 is 21.6 Å². The van der Waals surface area contributed by atoms with Gasteiger partial charge in [-0.25, -0.2) is 0 Å². The van der Waals surface area contributed by atoms with Crippen molar-refractivity contribution in [2.24, 2.45) is 0 Å². The van der Waals surface area contributed by atoms with E-state index in [1.165, 1.54) is 144 Å². The molecule has 2 saturated carbocycles. The molecule has 0 N–H and O–H groups in total. The summed E-state index contributed by atoms with van der Waals surface area (Å²) < 4.78 is 14.0. The van der Waals surface area contributed by atoms with Crippen LogP contribution in [0.5, 0.6) is 11.5 Å². The third-order valence-electron chi connectivity index (χ3n) is 12.1.